The fourth-order valence-corrected chi connectivity index (χ4v) is 1.02. The summed E-state index contributed by atoms with van der Waals surface area (Å²) in [6.45, 7) is 6.79. The Morgan fingerprint density at radius 1 is 1.47 bits per heavy atom. The van der Waals surface area contributed by atoms with Crippen LogP contribution in [0, 0.1) is 0 Å². The number of amides is 2. The van der Waals surface area contributed by atoms with E-state index in [1.54, 1.807) is 13.8 Å². The van der Waals surface area contributed by atoms with Crippen LogP contribution in [-0.4, -0.2) is 29.2 Å². The van der Waals surface area contributed by atoms with Crippen molar-refractivity contribution in [1.29, 1.82) is 0 Å². The number of nitrogens with one attached hydrogen (secondary N) is 2. The number of carboxylic acids is 1. The van der Waals surface area contributed by atoms with Gasteiger partial charge in [0.15, 0.2) is 0 Å². The maximum Gasteiger partial charge on any atom is 0.315 e. The zero-order valence-corrected chi connectivity index (χ0v) is 9.52. The highest BCUT2D eigenvalue weighted by Gasteiger charge is 2.23. The van der Waals surface area contributed by atoms with Crippen LogP contribution >= 0.6 is 11.6 Å². The zero-order valence-electron chi connectivity index (χ0n) is 8.76. The number of carbonyl (C=O) groups is 2. The normalized spacial score (nSPS) is 10.6. The van der Waals surface area contributed by atoms with Crippen molar-refractivity contribution >= 4 is 23.6 Å². The highest BCUT2D eigenvalue weighted by atomic mass is 35.5. The lowest BCUT2D eigenvalue weighted by atomic mass is 10.0. The van der Waals surface area contributed by atoms with E-state index in [0.29, 0.717) is 5.03 Å². The lowest BCUT2D eigenvalue weighted by molar-refractivity contribution is -0.138. The van der Waals surface area contributed by atoms with Gasteiger partial charge >= 0.3 is 12.0 Å². The van der Waals surface area contributed by atoms with Crippen molar-refractivity contribution in [3.8, 4) is 0 Å². The van der Waals surface area contributed by atoms with Gasteiger partial charge in [-0.15, -0.1) is 0 Å². The molecule has 2 amide bonds. The molecule has 0 aromatic carbocycles. The van der Waals surface area contributed by atoms with E-state index in [1.165, 1.54) is 0 Å². The minimum atomic E-state index is -0.970. The van der Waals surface area contributed by atoms with Gasteiger partial charge in [0.2, 0.25) is 0 Å². The van der Waals surface area contributed by atoms with Crippen molar-refractivity contribution in [1.82, 2.24) is 10.6 Å². The fraction of sp³-hybridized carbons (Fsp3) is 0.556. The van der Waals surface area contributed by atoms with E-state index in [2.05, 4.69) is 17.2 Å². The molecule has 0 spiro atoms. The fourth-order valence-electron chi connectivity index (χ4n) is 0.950. The lowest BCUT2D eigenvalue weighted by Gasteiger charge is -2.24. The van der Waals surface area contributed by atoms with Gasteiger partial charge in [0.25, 0.3) is 0 Å². The van der Waals surface area contributed by atoms with Crippen molar-refractivity contribution in [2.75, 3.05) is 6.54 Å². The Hall–Kier alpha value is -1.23. The van der Waals surface area contributed by atoms with Gasteiger partial charge in [-0.25, -0.2) is 4.79 Å². The first-order chi connectivity index (χ1) is 6.73. The van der Waals surface area contributed by atoms with Crippen LogP contribution in [-0.2, 0) is 4.79 Å². The van der Waals surface area contributed by atoms with Crippen LogP contribution in [0.1, 0.15) is 20.3 Å². The Bertz CT molecular complexity index is 277. The van der Waals surface area contributed by atoms with Crippen molar-refractivity contribution in [2.45, 2.75) is 25.8 Å². The second-order valence-electron chi connectivity index (χ2n) is 3.78. The first kappa shape index (κ1) is 13.8. The third-order valence-electron chi connectivity index (χ3n) is 1.49. The van der Waals surface area contributed by atoms with Crippen molar-refractivity contribution in [3.63, 3.8) is 0 Å². The maximum absolute atomic E-state index is 11.2. The molecule has 15 heavy (non-hydrogen) atoms. The van der Waals surface area contributed by atoms with Crippen LogP contribution in [0.3, 0.4) is 0 Å². The largest absolute Gasteiger partial charge is 0.481 e. The molecule has 6 heteroatoms. The summed E-state index contributed by atoms with van der Waals surface area (Å²) in [5.74, 6) is -0.970. The summed E-state index contributed by atoms with van der Waals surface area (Å²) in [6.07, 6.45) is -0.151. The second kappa shape index (κ2) is 5.60. The average Bonchev–Trinajstić information content (AvgIpc) is 1.96. The van der Waals surface area contributed by atoms with Crippen LogP contribution in [0.5, 0.6) is 0 Å². The molecular weight excluding hydrogens is 220 g/mol. The highest BCUT2D eigenvalue weighted by Crippen LogP contribution is 2.07. The molecule has 0 saturated carbocycles. The lowest BCUT2D eigenvalue weighted by Crippen LogP contribution is -2.49. The van der Waals surface area contributed by atoms with Gasteiger partial charge in [-0.1, -0.05) is 18.2 Å². The van der Waals surface area contributed by atoms with E-state index in [0.717, 1.165) is 0 Å². The molecule has 3 N–H and O–H groups in total. The standard InChI is InChI=1S/C9H15ClN2O3/c1-6(10)5-11-8(15)12-9(2,3)4-7(13)14/h1,4-5H2,2-3H3,(H,13,14)(H2,11,12,15). The summed E-state index contributed by atoms with van der Waals surface area (Å²) in [5.41, 5.74) is -0.802. The first-order valence-corrected chi connectivity index (χ1v) is 4.72. The van der Waals surface area contributed by atoms with E-state index in [-0.39, 0.29) is 13.0 Å². The summed E-state index contributed by atoms with van der Waals surface area (Å²) >= 11 is 5.45. The van der Waals surface area contributed by atoms with E-state index < -0.39 is 17.5 Å². The van der Waals surface area contributed by atoms with Gasteiger partial charge in [0.05, 0.1) is 13.0 Å². The Balaban J connectivity index is 4.04. The van der Waals surface area contributed by atoms with E-state index >= 15 is 0 Å². The summed E-state index contributed by atoms with van der Waals surface area (Å²) in [5, 5.41) is 13.8. The van der Waals surface area contributed by atoms with Gasteiger partial charge in [0.1, 0.15) is 0 Å². The summed E-state index contributed by atoms with van der Waals surface area (Å²) in [7, 11) is 0. The van der Waals surface area contributed by atoms with E-state index in [9.17, 15) is 9.59 Å². The third-order valence-corrected chi connectivity index (χ3v) is 1.62. The smallest absolute Gasteiger partial charge is 0.315 e. The van der Waals surface area contributed by atoms with E-state index in [1.807, 2.05) is 0 Å². The molecule has 0 aromatic heterocycles. The summed E-state index contributed by atoms with van der Waals surface area (Å²) in [4.78, 5) is 21.7. The Labute approximate surface area is 93.5 Å². The predicted octanol–water partition coefficient (Wildman–Crippen LogP) is 1.29. The van der Waals surface area contributed by atoms with Gasteiger partial charge in [-0.3, -0.25) is 4.79 Å². The van der Waals surface area contributed by atoms with Crippen LogP contribution in [0.2, 0.25) is 0 Å². The molecule has 5 nitrogen and oxygen atoms in total. The minimum absolute atomic E-state index is 0.149. The van der Waals surface area contributed by atoms with Gasteiger partial charge < -0.3 is 15.7 Å². The third kappa shape index (κ3) is 7.81. The number of carboxylic acid groups (broad SMARTS) is 1. The minimum Gasteiger partial charge on any atom is -0.481 e. The molecule has 0 radical (unpaired) electrons. The predicted molar refractivity (Wildman–Crippen MR) is 57.9 cm³/mol. The summed E-state index contributed by atoms with van der Waals surface area (Å²) < 4.78 is 0. The molecule has 0 bridgehead atoms. The molecular formula is C9H15ClN2O3. The van der Waals surface area contributed by atoms with Crippen molar-refractivity contribution < 1.29 is 14.7 Å². The highest BCUT2D eigenvalue weighted by molar-refractivity contribution is 6.29. The SMILES string of the molecule is C=C(Cl)CNC(=O)NC(C)(C)CC(=O)O. The molecule has 0 aliphatic heterocycles. The van der Waals surface area contributed by atoms with Crippen LogP contribution in [0.4, 0.5) is 4.79 Å². The zero-order chi connectivity index (χ0) is 12.1. The summed E-state index contributed by atoms with van der Waals surface area (Å²) in [6, 6.07) is -0.469. The molecule has 0 heterocycles. The van der Waals surface area contributed by atoms with Crippen molar-refractivity contribution in [3.05, 3.63) is 11.6 Å². The first-order valence-electron chi connectivity index (χ1n) is 4.34. The van der Waals surface area contributed by atoms with Crippen LogP contribution in [0.25, 0.3) is 0 Å². The molecule has 86 valence electrons. The number of rotatable bonds is 5. The van der Waals surface area contributed by atoms with Gasteiger partial charge in [-0.2, -0.15) is 0 Å². The number of halogens is 1. The average molecular weight is 235 g/mol. The monoisotopic (exact) mass is 234 g/mol. The molecule has 0 rings (SSSR count). The Kier molecular flexibility index (Phi) is 5.14. The molecule has 0 aliphatic carbocycles. The Morgan fingerprint density at radius 3 is 2.40 bits per heavy atom. The maximum atomic E-state index is 11.2. The molecule has 0 atom stereocenters. The molecule has 0 saturated heterocycles. The number of hydrogen-bond donors (Lipinski definition) is 3. The van der Waals surface area contributed by atoms with Gasteiger partial charge in [0, 0.05) is 10.6 Å². The topological polar surface area (TPSA) is 78.4 Å². The molecule has 0 fully saturated rings. The number of hydrogen-bond acceptors (Lipinski definition) is 2. The quantitative estimate of drug-likeness (QED) is 0.671. The number of urea groups is 1. The second-order valence-corrected chi connectivity index (χ2v) is 4.31. The number of aliphatic carboxylic acids is 1. The Morgan fingerprint density at radius 2 is 2.00 bits per heavy atom. The van der Waals surface area contributed by atoms with Gasteiger partial charge in [-0.05, 0) is 13.8 Å². The molecule has 0 aromatic rings. The molecule has 0 aliphatic rings. The van der Waals surface area contributed by atoms with Crippen molar-refractivity contribution in [2.24, 2.45) is 0 Å². The number of carbonyl (C=O) groups excluding carboxylic acids is 1. The van der Waals surface area contributed by atoms with Crippen LogP contribution < -0.4 is 10.6 Å². The van der Waals surface area contributed by atoms with E-state index in [4.69, 9.17) is 16.7 Å². The van der Waals surface area contributed by atoms with Crippen LogP contribution in [0.15, 0.2) is 11.6 Å². The molecule has 0 unspecified atom stereocenters.